The second-order valence-corrected chi connectivity index (χ2v) is 4.86. The van der Waals surface area contributed by atoms with Crippen molar-refractivity contribution in [1.29, 1.82) is 0 Å². The molecule has 0 spiro atoms. The maximum absolute atomic E-state index is 11.8. The summed E-state index contributed by atoms with van der Waals surface area (Å²) in [5.74, 6) is -1.29. The second kappa shape index (κ2) is 6.04. The van der Waals surface area contributed by atoms with Crippen molar-refractivity contribution in [2.45, 2.75) is 25.4 Å². The van der Waals surface area contributed by atoms with Crippen molar-refractivity contribution in [2.75, 3.05) is 11.9 Å². The molecule has 0 aliphatic carbocycles. The van der Waals surface area contributed by atoms with E-state index in [1.807, 2.05) is 0 Å². The molecule has 1 aromatic rings. The van der Waals surface area contributed by atoms with Crippen molar-refractivity contribution in [1.82, 2.24) is 0 Å². The number of carboxylic acid groups (broad SMARTS) is 1. The largest absolute Gasteiger partial charge is 0.478 e. The fourth-order valence-electron chi connectivity index (χ4n) is 2.01. The van der Waals surface area contributed by atoms with E-state index < -0.39 is 5.97 Å². The van der Waals surface area contributed by atoms with Gasteiger partial charge in [-0.3, -0.25) is 4.79 Å². The molecule has 1 aliphatic heterocycles. The van der Waals surface area contributed by atoms with Crippen molar-refractivity contribution in [3.05, 3.63) is 28.8 Å². The number of hydrogen-bond acceptors (Lipinski definition) is 3. The summed E-state index contributed by atoms with van der Waals surface area (Å²) in [6.07, 6.45) is 2.08. The van der Waals surface area contributed by atoms with Crippen molar-refractivity contribution < 1.29 is 19.4 Å². The lowest BCUT2D eigenvalue weighted by Crippen LogP contribution is -2.19. The van der Waals surface area contributed by atoms with Crippen LogP contribution < -0.4 is 5.32 Å². The molecule has 0 saturated carbocycles. The van der Waals surface area contributed by atoms with Gasteiger partial charge >= 0.3 is 5.97 Å². The van der Waals surface area contributed by atoms with Crippen LogP contribution in [0.3, 0.4) is 0 Å². The number of carbonyl (C=O) groups excluding carboxylic acids is 1. The Kier molecular flexibility index (Phi) is 4.39. The van der Waals surface area contributed by atoms with Crippen molar-refractivity contribution in [2.24, 2.45) is 0 Å². The topological polar surface area (TPSA) is 75.6 Å². The molecule has 2 N–H and O–H groups in total. The molecule has 1 amide bonds. The number of ether oxygens (including phenoxy) is 1. The average molecular weight is 284 g/mol. The number of nitrogens with one attached hydrogen (secondary N) is 1. The summed E-state index contributed by atoms with van der Waals surface area (Å²) in [4.78, 5) is 22.7. The summed E-state index contributed by atoms with van der Waals surface area (Å²) < 4.78 is 5.37. The zero-order chi connectivity index (χ0) is 13.8. The molecule has 0 aromatic heterocycles. The number of anilines is 1. The van der Waals surface area contributed by atoms with Crippen LogP contribution in [-0.4, -0.2) is 29.7 Å². The summed E-state index contributed by atoms with van der Waals surface area (Å²) >= 11 is 5.81. The van der Waals surface area contributed by atoms with Crippen LogP contribution in [0.25, 0.3) is 0 Å². The third-order valence-electron chi connectivity index (χ3n) is 2.87. The number of carboxylic acids is 1. The summed E-state index contributed by atoms with van der Waals surface area (Å²) in [6.45, 7) is 0.693. The van der Waals surface area contributed by atoms with Crippen LogP contribution in [0.5, 0.6) is 0 Å². The Labute approximate surface area is 115 Å². The summed E-state index contributed by atoms with van der Waals surface area (Å²) in [5, 5.41) is 11.8. The van der Waals surface area contributed by atoms with E-state index >= 15 is 0 Å². The summed E-state index contributed by atoms with van der Waals surface area (Å²) in [5.41, 5.74) is 0.424. The first kappa shape index (κ1) is 13.8. The van der Waals surface area contributed by atoms with Crippen molar-refractivity contribution in [3.63, 3.8) is 0 Å². The molecule has 19 heavy (non-hydrogen) atoms. The fraction of sp³-hybridized carbons (Fsp3) is 0.385. The predicted molar refractivity (Wildman–Crippen MR) is 70.6 cm³/mol. The van der Waals surface area contributed by atoms with E-state index in [-0.39, 0.29) is 29.0 Å². The molecule has 1 unspecified atom stereocenters. The van der Waals surface area contributed by atoms with Crippen LogP contribution in [0.1, 0.15) is 29.6 Å². The van der Waals surface area contributed by atoms with Gasteiger partial charge in [-0.25, -0.2) is 4.79 Å². The minimum atomic E-state index is -1.09. The maximum Gasteiger partial charge on any atom is 0.335 e. The Balaban J connectivity index is 2.01. The highest BCUT2D eigenvalue weighted by Crippen LogP contribution is 2.21. The molecule has 1 aliphatic rings. The molecule has 1 heterocycles. The van der Waals surface area contributed by atoms with Gasteiger partial charge in [0.1, 0.15) is 0 Å². The Morgan fingerprint density at radius 3 is 2.84 bits per heavy atom. The molecule has 1 fully saturated rings. The van der Waals surface area contributed by atoms with Gasteiger partial charge in [0, 0.05) is 17.3 Å². The van der Waals surface area contributed by atoms with Gasteiger partial charge in [-0.05, 0) is 31.0 Å². The predicted octanol–water partition coefficient (Wildman–Crippen LogP) is 2.55. The molecule has 6 heteroatoms. The second-order valence-electron chi connectivity index (χ2n) is 4.42. The third-order valence-corrected chi connectivity index (χ3v) is 3.08. The quantitative estimate of drug-likeness (QED) is 0.890. The Hall–Kier alpha value is -1.59. The minimum Gasteiger partial charge on any atom is -0.478 e. The van der Waals surface area contributed by atoms with E-state index in [4.69, 9.17) is 21.4 Å². The molecule has 1 atom stereocenters. The molecule has 5 nitrogen and oxygen atoms in total. The first-order chi connectivity index (χ1) is 9.04. The van der Waals surface area contributed by atoms with E-state index in [1.165, 1.54) is 18.2 Å². The van der Waals surface area contributed by atoms with E-state index in [0.29, 0.717) is 12.3 Å². The third kappa shape index (κ3) is 3.94. The number of rotatable bonds is 4. The SMILES string of the molecule is O=C(CC1CCCO1)Nc1cc(Cl)cc(C(=O)O)c1. The smallest absolute Gasteiger partial charge is 0.335 e. The molecule has 2 rings (SSSR count). The van der Waals surface area contributed by atoms with Gasteiger partial charge in [0.15, 0.2) is 0 Å². The lowest BCUT2D eigenvalue weighted by molar-refractivity contribution is -0.118. The number of amides is 1. The molecule has 0 radical (unpaired) electrons. The Morgan fingerprint density at radius 2 is 2.21 bits per heavy atom. The van der Waals surface area contributed by atoms with Crippen LogP contribution >= 0.6 is 11.6 Å². The normalized spacial score (nSPS) is 18.3. The minimum absolute atomic E-state index is 0.0416. The van der Waals surface area contributed by atoms with Gasteiger partial charge in [0.2, 0.25) is 5.91 Å². The number of aromatic carboxylic acids is 1. The van der Waals surface area contributed by atoms with Gasteiger partial charge < -0.3 is 15.2 Å². The maximum atomic E-state index is 11.8. The van der Waals surface area contributed by atoms with Crippen LogP contribution in [0.2, 0.25) is 5.02 Å². The van der Waals surface area contributed by atoms with Crippen molar-refractivity contribution in [3.8, 4) is 0 Å². The van der Waals surface area contributed by atoms with E-state index in [9.17, 15) is 9.59 Å². The molecule has 0 bridgehead atoms. The summed E-state index contributed by atoms with van der Waals surface area (Å²) in [7, 11) is 0. The number of carbonyl (C=O) groups is 2. The fourth-order valence-corrected chi connectivity index (χ4v) is 2.24. The van der Waals surface area contributed by atoms with Crippen LogP contribution in [0.4, 0.5) is 5.69 Å². The molecule has 1 aromatic carbocycles. The standard InChI is InChI=1S/C13H14ClNO4/c14-9-4-8(13(17)18)5-10(6-9)15-12(16)7-11-2-1-3-19-11/h4-6,11H,1-3,7H2,(H,15,16)(H,17,18). The van der Waals surface area contributed by atoms with E-state index in [0.717, 1.165) is 12.8 Å². The molecular formula is C13H14ClNO4. The van der Waals surface area contributed by atoms with Gasteiger partial charge in [-0.2, -0.15) is 0 Å². The van der Waals surface area contributed by atoms with Gasteiger partial charge in [0.25, 0.3) is 0 Å². The van der Waals surface area contributed by atoms with Crippen LogP contribution in [-0.2, 0) is 9.53 Å². The van der Waals surface area contributed by atoms with Gasteiger partial charge in [0.05, 0.1) is 18.1 Å². The zero-order valence-electron chi connectivity index (χ0n) is 10.2. The Morgan fingerprint density at radius 1 is 1.42 bits per heavy atom. The lowest BCUT2D eigenvalue weighted by atomic mass is 10.1. The highest BCUT2D eigenvalue weighted by molar-refractivity contribution is 6.31. The Bertz CT molecular complexity index is 497. The van der Waals surface area contributed by atoms with Crippen LogP contribution in [0, 0.1) is 0 Å². The van der Waals surface area contributed by atoms with Crippen LogP contribution in [0.15, 0.2) is 18.2 Å². The highest BCUT2D eigenvalue weighted by atomic mass is 35.5. The van der Waals surface area contributed by atoms with Crippen molar-refractivity contribution >= 4 is 29.2 Å². The average Bonchev–Trinajstić information content (AvgIpc) is 2.80. The first-order valence-corrected chi connectivity index (χ1v) is 6.38. The summed E-state index contributed by atoms with van der Waals surface area (Å²) in [6, 6.07) is 4.22. The van der Waals surface area contributed by atoms with E-state index in [2.05, 4.69) is 5.32 Å². The van der Waals surface area contributed by atoms with Gasteiger partial charge in [-0.15, -0.1) is 0 Å². The molecule has 1 saturated heterocycles. The highest BCUT2D eigenvalue weighted by Gasteiger charge is 2.19. The molecule has 102 valence electrons. The molecular weight excluding hydrogens is 270 g/mol. The number of halogens is 1. The first-order valence-electron chi connectivity index (χ1n) is 6.00. The number of benzene rings is 1. The lowest BCUT2D eigenvalue weighted by Gasteiger charge is -2.10. The van der Waals surface area contributed by atoms with Gasteiger partial charge in [-0.1, -0.05) is 11.6 Å². The zero-order valence-corrected chi connectivity index (χ0v) is 10.9. The monoisotopic (exact) mass is 283 g/mol. The number of hydrogen-bond donors (Lipinski definition) is 2. The van der Waals surface area contributed by atoms with E-state index in [1.54, 1.807) is 0 Å².